The smallest absolute Gasteiger partial charge is 0.337 e. The van der Waals surface area contributed by atoms with Crippen LogP contribution in [-0.4, -0.2) is 30.8 Å². The normalized spacial score (nSPS) is 13.2. The standard InChI is InChI=1S/C29H20ClN3O5/c1-38-29(37)19-10-5-12-21(16-19)33-27(35)24(30)25(28(33)36)31-20-11-4-9-18(15-20)26(34)32-23-14-6-8-17-7-2-3-13-22(17)23/h2-16,31H,1H3,(H,32,34). The molecule has 0 unspecified atom stereocenters. The summed E-state index contributed by atoms with van der Waals surface area (Å²) < 4.78 is 4.71. The summed E-state index contributed by atoms with van der Waals surface area (Å²) in [5.74, 6) is -2.40. The molecule has 8 nitrogen and oxygen atoms in total. The van der Waals surface area contributed by atoms with Crippen molar-refractivity contribution in [1.29, 1.82) is 0 Å². The van der Waals surface area contributed by atoms with Gasteiger partial charge in [0.1, 0.15) is 10.7 Å². The molecule has 38 heavy (non-hydrogen) atoms. The highest BCUT2D eigenvalue weighted by atomic mass is 35.5. The molecule has 0 fully saturated rings. The number of imide groups is 1. The highest BCUT2D eigenvalue weighted by molar-refractivity contribution is 6.53. The van der Waals surface area contributed by atoms with E-state index in [0.29, 0.717) is 16.9 Å². The number of esters is 1. The number of ether oxygens (including phenoxy) is 1. The minimum Gasteiger partial charge on any atom is -0.465 e. The van der Waals surface area contributed by atoms with Crippen LogP contribution >= 0.6 is 11.6 Å². The molecule has 5 rings (SSSR count). The highest BCUT2D eigenvalue weighted by Gasteiger charge is 2.39. The van der Waals surface area contributed by atoms with Crippen molar-refractivity contribution >= 4 is 63.1 Å². The summed E-state index contributed by atoms with van der Waals surface area (Å²) in [6, 6.07) is 25.7. The second kappa shape index (κ2) is 10.2. The van der Waals surface area contributed by atoms with Crippen molar-refractivity contribution in [3.63, 3.8) is 0 Å². The Bertz CT molecular complexity index is 1660. The molecule has 1 aliphatic rings. The molecule has 0 saturated heterocycles. The number of rotatable bonds is 6. The molecule has 2 N–H and O–H groups in total. The van der Waals surface area contributed by atoms with Crippen LogP contribution in [-0.2, 0) is 14.3 Å². The number of hydrogen-bond donors (Lipinski definition) is 2. The Balaban J connectivity index is 1.37. The minimum atomic E-state index is -0.744. The molecule has 0 aromatic heterocycles. The van der Waals surface area contributed by atoms with Crippen LogP contribution in [0.4, 0.5) is 17.1 Å². The van der Waals surface area contributed by atoms with Crippen molar-refractivity contribution in [1.82, 2.24) is 0 Å². The molecule has 188 valence electrons. The van der Waals surface area contributed by atoms with Gasteiger partial charge in [-0.15, -0.1) is 0 Å². The summed E-state index contributed by atoms with van der Waals surface area (Å²) in [4.78, 5) is 51.8. The fourth-order valence-electron chi connectivity index (χ4n) is 4.15. The number of anilines is 3. The van der Waals surface area contributed by atoms with Gasteiger partial charge in [0, 0.05) is 22.3 Å². The first-order valence-corrected chi connectivity index (χ1v) is 11.9. The van der Waals surface area contributed by atoms with Crippen molar-refractivity contribution in [2.45, 2.75) is 0 Å². The lowest BCUT2D eigenvalue weighted by Gasteiger charge is -2.16. The molecule has 9 heteroatoms. The highest BCUT2D eigenvalue weighted by Crippen LogP contribution is 2.31. The summed E-state index contributed by atoms with van der Waals surface area (Å²) in [6.07, 6.45) is 0. The maximum Gasteiger partial charge on any atom is 0.337 e. The third-order valence-electron chi connectivity index (χ3n) is 5.98. The number of benzene rings is 4. The Labute approximate surface area is 222 Å². The molecule has 4 aromatic carbocycles. The Morgan fingerprint density at radius 1 is 0.816 bits per heavy atom. The van der Waals surface area contributed by atoms with Crippen LogP contribution in [0.1, 0.15) is 20.7 Å². The number of amides is 3. The lowest BCUT2D eigenvalue weighted by Crippen LogP contribution is -2.32. The maximum atomic E-state index is 13.2. The average Bonchev–Trinajstić information content (AvgIpc) is 3.15. The molecule has 0 aliphatic carbocycles. The zero-order valence-corrected chi connectivity index (χ0v) is 20.8. The van der Waals surface area contributed by atoms with Crippen LogP contribution in [0.2, 0.25) is 0 Å². The summed E-state index contributed by atoms with van der Waals surface area (Å²) in [5.41, 5.74) is 1.58. The van der Waals surface area contributed by atoms with Gasteiger partial charge in [0.15, 0.2) is 0 Å². The fourth-order valence-corrected chi connectivity index (χ4v) is 4.36. The first-order valence-electron chi connectivity index (χ1n) is 11.5. The Hall–Kier alpha value is -4.95. The van der Waals surface area contributed by atoms with Crippen molar-refractivity contribution in [3.05, 3.63) is 113 Å². The van der Waals surface area contributed by atoms with Crippen LogP contribution in [0.3, 0.4) is 0 Å². The van der Waals surface area contributed by atoms with Gasteiger partial charge in [0.05, 0.1) is 18.4 Å². The number of nitrogens with one attached hydrogen (secondary N) is 2. The van der Waals surface area contributed by atoms with Gasteiger partial charge in [-0.1, -0.05) is 60.1 Å². The third-order valence-corrected chi connectivity index (χ3v) is 6.34. The van der Waals surface area contributed by atoms with E-state index in [1.807, 2.05) is 42.5 Å². The van der Waals surface area contributed by atoms with E-state index in [1.54, 1.807) is 24.3 Å². The number of nitrogens with zero attached hydrogens (tertiary/aromatic N) is 1. The van der Waals surface area contributed by atoms with Gasteiger partial charge in [-0.2, -0.15) is 0 Å². The quantitative estimate of drug-likeness (QED) is 0.261. The number of carbonyl (C=O) groups is 4. The van der Waals surface area contributed by atoms with E-state index in [0.717, 1.165) is 15.7 Å². The van der Waals surface area contributed by atoms with E-state index in [9.17, 15) is 19.2 Å². The Morgan fingerprint density at radius 2 is 1.53 bits per heavy atom. The summed E-state index contributed by atoms with van der Waals surface area (Å²) >= 11 is 6.25. The number of fused-ring (bicyclic) bond motifs is 1. The van der Waals surface area contributed by atoms with Gasteiger partial charge < -0.3 is 15.4 Å². The molecule has 0 saturated carbocycles. The third kappa shape index (κ3) is 4.60. The van der Waals surface area contributed by atoms with E-state index >= 15 is 0 Å². The van der Waals surface area contributed by atoms with Gasteiger partial charge in [-0.3, -0.25) is 14.4 Å². The largest absolute Gasteiger partial charge is 0.465 e. The van der Waals surface area contributed by atoms with E-state index in [2.05, 4.69) is 10.6 Å². The second-order valence-corrected chi connectivity index (χ2v) is 8.74. The van der Waals surface area contributed by atoms with Crippen molar-refractivity contribution in [2.75, 3.05) is 22.6 Å². The molecule has 1 aliphatic heterocycles. The predicted molar refractivity (Wildman–Crippen MR) is 145 cm³/mol. The molecular weight excluding hydrogens is 506 g/mol. The lowest BCUT2D eigenvalue weighted by molar-refractivity contribution is -0.120. The van der Waals surface area contributed by atoms with E-state index in [4.69, 9.17) is 16.3 Å². The van der Waals surface area contributed by atoms with Crippen molar-refractivity contribution in [3.8, 4) is 0 Å². The van der Waals surface area contributed by atoms with E-state index in [1.165, 1.54) is 31.4 Å². The first kappa shape index (κ1) is 24.7. The summed E-state index contributed by atoms with van der Waals surface area (Å²) in [5, 5.41) is 7.38. The average molecular weight is 526 g/mol. The van der Waals surface area contributed by atoms with Gasteiger partial charge in [0.25, 0.3) is 17.7 Å². The van der Waals surface area contributed by atoms with Gasteiger partial charge in [-0.05, 0) is 47.9 Å². The van der Waals surface area contributed by atoms with E-state index in [-0.39, 0.29) is 27.9 Å². The molecule has 3 amide bonds. The molecule has 0 radical (unpaired) electrons. The first-order chi connectivity index (χ1) is 18.4. The van der Waals surface area contributed by atoms with Crippen LogP contribution < -0.4 is 15.5 Å². The number of carbonyl (C=O) groups excluding carboxylic acids is 4. The van der Waals surface area contributed by atoms with Crippen molar-refractivity contribution < 1.29 is 23.9 Å². The fraction of sp³-hybridized carbons (Fsp3) is 0.0345. The van der Waals surface area contributed by atoms with Gasteiger partial charge in [-0.25, -0.2) is 9.69 Å². The predicted octanol–water partition coefficient (Wildman–Crippen LogP) is 5.31. The van der Waals surface area contributed by atoms with Gasteiger partial charge in [0.2, 0.25) is 0 Å². The van der Waals surface area contributed by atoms with Crippen LogP contribution in [0.25, 0.3) is 10.8 Å². The van der Waals surface area contributed by atoms with Crippen LogP contribution in [0.5, 0.6) is 0 Å². The number of hydrogen-bond acceptors (Lipinski definition) is 6. The topological polar surface area (TPSA) is 105 Å². The molecule has 1 heterocycles. The molecule has 4 aromatic rings. The number of methoxy groups -OCH3 is 1. The summed E-state index contributed by atoms with van der Waals surface area (Å²) in [7, 11) is 1.23. The van der Waals surface area contributed by atoms with Crippen LogP contribution in [0.15, 0.2) is 102 Å². The summed E-state index contributed by atoms with van der Waals surface area (Å²) in [6.45, 7) is 0. The van der Waals surface area contributed by atoms with Crippen LogP contribution in [0, 0.1) is 0 Å². The molecule has 0 atom stereocenters. The molecule has 0 spiro atoms. The monoisotopic (exact) mass is 525 g/mol. The lowest BCUT2D eigenvalue weighted by atomic mass is 10.1. The van der Waals surface area contributed by atoms with Crippen molar-refractivity contribution in [2.24, 2.45) is 0 Å². The molecular formula is C29H20ClN3O5. The SMILES string of the molecule is COC(=O)c1cccc(N2C(=O)C(Cl)=C(Nc3cccc(C(=O)Nc4cccc5ccccc45)c3)C2=O)c1. The zero-order chi connectivity index (χ0) is 26.8. The second-order valence-electron chi connectivity index (χ2n) is 8.36. The van der Waals surface area contributed by atoms with Gasteiger partial charge >= 0.3 is 5.97 Å². The Kier molecular flexibility index (Phi) is 6.64. The maximum absolute atomic E-state index is 13.2. The molecule has 0 bridgehead atoms. The number of halogens is 1. The Morgan fingerprint density at radius 3 is 2.34 bits per heavy atom. The zero-order valence-electron chi connectivity index (χ0n) is 20.0. The van der Waals surface area contributed by atoms with E-state index < -0.39 is 17.8 Å². The minimum absolute atomic E-state index is 0.147.